The molecule has 0 aromatic carbocycles. The molecule has 0 aliphatic heterocycles. The summed E-state index contributed by atoms with van der Waals surface area (Å²) in [4.78, 5) is 2.50. The summed E-state index contributed by atoms with van der Waals surface area (Å²) in [6.07, 6.45) is 2.81. The van der Waals surface area contributed by atoms with Gasteiger partial charge in [-0.3, -0.25) is 4.90 Å². The van der Waals surface area contributed by atoms with Crippen LogP contribution in [0.15, 0.2) is 0 Å². The molecule has 2 nitrogen and oxygen atoms in total. The van der Waals surface area contributed by atoms with Crippen LogP contribution >= 0.6 is 0 Å². The average Bonchev–Trinajstić information content (AvgIpc) is 2.81. The van der Waals surface area contributed by atoms with Gasteiger partial charge in [0.05, 0.1) is 0 Å². The van der Waals surface area contributed by atoms with Crippen molar-refractivity contribution >= 4 is 0 Å². The van der Waals surface area contributed by atoms with Crippen molar-refractivity contribution in [1.29, 1.82) is 0 Å². The normalized spacial score (nSPS) is 24.0. The van der Waals surface area contributed by atoms with Crippen LogP contribution in [0.2, 0.25) is 0 Å². The predicted molar refractivity (Wildman–Crippen MR) is 66.8 cm³/mol. The van der Waals surface area contributed by atoms with Gasteiger partial charge in [0.25, 0.3) is 0 Å². The average molecular weight is 212 g/mol. The van der Waals surface area contributed by atoms with E-state index in [1.54, 1.807) is 0 Å². The lowest BCUT2D eigenvalue weighted by atomic mass is 9.81. The minimum Gasteiger partial charge on any atom is -0.327 e. The van der Waals surface area contributed by atoms with Crippen LogP contribution in [0.25, 0.3) is 0 Å². The van der Waals surface area contributed by atoms with Crippen LogP contribution in [0.4, 0.5) is 0 Å². The zero-order valence-corrected chi connectivity index (χ0v) is 11.2. The van der Waals surface area contributed by atoms with E-state index in [2.05, 4.69) is 46.6 Å². The molecule has 0 heterocycles. The van der Waals surface area contributed by atoms with E-state index in [1.165, 1.54) is 12.8 Å². The maximum atomic E-state index is 6.14. The van der Waals surface area contributed by atoms with E-state index in [9.17, 15) is 0 Å². The molecule has 0 saturated heterocycles. The SMILES string of the molecule is CC(N)C(N(C)C(C)C1CC1)C(C)(C)C. The molecule has 1 fully saturated rings. The summed E-state index contributed by atoms with van der Waals surface area (Å²) in [7, 11) is 2.24. The standard InChI is InChI=1S/C13H28N2/c1-9(14)12(13(3,4)5)15(6)10(2)11-7-8-11/h9-12H,7-8,14H2,1-6H3. The highest BCUT2D eigenvalue weighted by Gasteiger charge is 2.38. The highest BCUT2D eigenvalue weighted by atomic mass is 15.2. The van der Waals surface area contributed by atoms with Crippen molar-refractivity contribution < 1.29 is 0 Å². The van der Waals surface area contributed by atoms with Gasteiger partial charge in [0.15, 0.2) is 0 Å². The Morgan fingerprint density at radius 3 is 1.93 bits per heavy atom. The van der Waals surface area contributed by atoms with Crippen molar-refractivity contribution in [2.24, 2.45) is 17.1 Å². The number of hydrogen-bond acceptors (Lipinski definition) is 2. The van der Waals surface area contributed by atoms with E-state index in [0.717, 1.165) is 5.92 Å². The maximum absolute atomic E-state index is 6.14. The maximum Gasteiger partial charge on any atom is 0.0292 e. The molecule has 2 N–H and O–H groups in total. The van der Waals surface area contributed by atoms with E-state index < -0.39 is 0 Å². The summed E-state index contributed by atoms with van der Waals surface area (Å²) in [5, 5.41) is 0. The second kappa shape index (κ2) is 4.42. The van der Waals surface area contributed by atoms with Crippen molar-refractivity contribution in [3.8, 4) is 0 Å². The molecule has 0 radical (unpaired) electrons. The number of rotatable bonds is 4. The molecule has 1 saturated carbocycles. The number of nitrogens with zero attached hydrogens (tertiary/aromatic N) is 1. The van der Waals surface area contributed by atoms with Gasteiger partial charge >= 0.3 is 0 Å². The summed E-state index contributed by atoms with van der Waals surface area (Å²) in [6, 6.07) is 1.38. The van der Waals surface area contributed by atoms with Crippen molar-refractivity contribution in [3.63, 3.8) is 0 Å². The van der Waals surface area contributed by atoms with Crippen LogP contribution < -0.4 is 5.73 Å². The summed E-state index contributed by atoms with van der Waals surface area (Å²) in [6.45, 7) is 11.3. The second-order valence-electron chi connectivity index (χ2n) is 6.41. The molecule has 15 heavy (non-hydrogen) atoms. The lowest BCUT2D eigenvalue weighted by Crippen LogP contribution is -2.55. The van der Waals surface area contributed by atoms with E-state index in [1.807, 2.05) is 0 Å². The van der Waals surface area contributed by atoms with Gasteiger partial charge in [-0.25, -0.2) is 0 Å². The van der Waals surface area contributed by atoms with Crippen LogP contribution in [0.5, 0.6) is 0 Å². The molecule has 0 bridgehead atoms. The lowest BCUT2D eigenvalue weighted by molar-refractivity contribution is 0.0665. The largest absolute Gasteiger partial charge is 0.327 e. The Hall–Kier alpha value is -0.0800. The molecule has 3 atom stereocenters. The third kappa shape index (κ3) is 3.18. The Kier molecular flexibility index (Phi) is 3.83. The first kappa shape index (κ1) is 13.0. The van der Waals surface area contributed by atoms with E-state index in [4.69, 9.17) is 5.73 Å². The van der Waals surface area contributed by atoms with Crippen LogP contribution in [-0.2, 0) is 0 Å². The smallest absolute Gasteiger partial charge is 0.0292 e. The van der Waals surface area contributed by atoms with Gasteiger partial charge in [-0.05, 0) is 45.1 Å². The summed E-state index contributed by atoms with van der Waals surface area (Å²) in [5.41, 5.74) is 6.40. The molecule has 90 valence electrons. The molecule has 1 aliphatic rings. The molecule has 3 unspecified atom stereocenters. The van der Waals surface area contributed by atoms with Crippen LogP contribution in [0, 0.1) is 11.3 Å². The van der Waals surface area contributed by atoms with Gasteiger partial charge in [0, 0.05) is 18.1 Å². The molecule has 2 heteroatoms. The van der Waals surface area contributed by atoms with Gasteiger partial charge in [-0.2, -0.15) is 0 Å². The summed E-state index contributed by atoms with van der Waals surface area (Å²) in [5.74, 6) is 0.915. The quantitative estimate of drug-likeness (QED) is 0.776. The first-order valence-corrected chi connectivity index (χ1v) is 6.22. The molecule has 0 amide bonds. The van der Waals surface area contributed by atoms with E-state index >= 15 is 0 Å². The fraction of sp³-hybridized carbons (Fsp3) is 1.00. The van der Waals surface area contributed by atoms with Gasteiger partial charge < -0.3 is 5.73 Å². The highest BCUT2D eigenvalue weighted by molar-refractivity contribution is 4.93. The fourth-order valence-corrected chi connectivity index (χ4v) is 2.93. The number of hydrogen-bond donors (Lipinski definition) is 1. The molecule has 1 rings (SSSR count). The predicted octanol–water partition coefficient (Wildman–Crippen LogP) is 2.48. The van der Waals surface area contributed by atoms with E-state index in [0.29, 0.717) is 12.1 Å². The topological polar surface area (TPSA) is 29.3 Å². The van der Waals surface area contributed by atoms with Crippen molar-refractivity contribution in [2.75, 3.05) is 7.05 Å². The van der Waals surface area contributed by atoms with Crippen molar-refractivity contribution in [2.45, 2.75) is 65.6 Å². The molecule has 0 aromatic heterocycles. The lowest BCUT2D eigenvalue weighted by Gasteiger charge is -2.43. The summed E-state index contributed by atoms with van der Waals surface area (Å²) >= 11 is 0. The summed E-state index contributed by atoms with van der Waals surface area (Å²) < 4.78 is 0. The first-order chi connectivity index (χ1) is 6.75. The Bertz CT molecular complexity index is 201. The third-order valence-electron chi connectivity index (χ3n) is 3.77. The minimum absolute atomic E-state index is 0.233. The monoisotopic (exact) mass is 212 g/mol. The zero-order chi connectivity index (χ0) is 11.8. The fourth-order valence-electron chi connectivity index (χ4n) is 2.93. The molecule has 0 spiro atoms. The van der Waals surface area contributed by atoms with Gasteiger partial charge in [0.1, 0.15) is 0 Å². The molecular formula is C13H28N2. The first-order valence-electron chi connectivity index (χ1n) is 6.22. The van der Waals surface area contributed by atoms with Crippen molar-refractivity contribution in [3.05, 3.63) is 0 Å². The number of likely N-dealkylation sites (N-methyl/N-ethyl adjacent to an activating group) is 1. The van der Waals surface area contributed by atoms with Crippen LogP contribution in [0.3, 0.4) is 0 Å². The Morgan fingerprint density at radius 1 is 1.20 bits per heavy atom. The Morgan fingerprint density at radius 2 is 1.67 bits per heavy atom. The Labute approximate surface area is 95.2 Å². The van der Waals surface area contributed by atoms with Gasteiger partial charge in [-0.1, -0.05) is 20.8 Å². The molecular weight excluding hydrogens is 184 g/mol. The Balaban J connectivity index is 2.70. The third-order valence-corrected chi connectivity index (χ3v) is 3.77. The van der Waals surface area contributed by atoms with Crippen LogP contribution in [-0.4, -0.2) is 30.1 Å². The van der Waals surface area contributed by atoms with Gasteiger partial charge in [0.2, 0.25) is 0 Å². The minimum atomic E-state index is 0.233. The van der Waals surface area contributed by atoms with Crippen molar-refractivity contribution in [1.82, 2.24) is 4.90 Å². The van der Waals surface area contributed by atoms with Crippen LogP contribution in [0.1, 0.15) is 47.5 Å². The second-order valence-corrected chi connectivity index (χ2v) is 6.41. The molecule has 0 aromatic rings. The highest BCUT2D eigenvalue weighted by Crippen LogP contribution is 2.37. The number of nitrogens with two attached hydrogens (primary N) is 1. The van der Waals surface area contributed by atoms with Gasteiger partial charge in [-0.15, -0.1) is 0 Å². The van der Waals surface area contributed by atoms with E-state index in [-0.39, 0.29) is 11.5 Å². The molecule has 1 aliphatic carbocycles. The zero-order valence-electron chi connectivity index (χ0n) is 11.2.